The normalized spacial score (nSPS) is 25.4. The molecule has 0 aromatic heterocycles. The molecule has 0 radical (unpaired) electrons. The van der Waals surface area contributed by atoms with Gasteiger partial charge in [-0.3, -0.25) is 4.79 Å². The summed E-state index contributed by atoms with van der Waals surface area (Å²) in [5, 5.41) is 20.5. The number of aliphatic hydroxyl groups is 2. The van der Waals surface area contributed by atoms with Crippen molar-refractivity contribution in [1.29, 1.82) is 0 Å². The summed E-state index contributed by atoms with van der Waals surface area (Å²) >= 11 is 0. The van der Waals surface area contributed by atoms with Crippen LogP contribution in [0.1, 0.15) is 44.1 Å². The predicted octanol–water partition coefficient (Wildman–Crippen LogP) is 3.42. The number of hydrogen-bond donors (Lipinski definition) is 2. The Labute approximate surface area is 161 Å². The van der Waals surface area contributed by atoms with Crippen molar-refractivity contribution in [3.8, 4) is 0 Å². The first-order valence-corrected chi connectivity index (χ1v) is 9.81. The maximum Gasteiger partial charge on any atom is 0.155 e. The van der Waals surface area contributed by atoms with Crippen LogP contribution >= 0.6 is 0 Å². The van der Waals surface area contributed by atoms with Crippen molar-refractivity contribution in [3.05, 3.63) is 60.2 Å². The lowest BCUT2D eigenvalue weighted by molar-refractivity contribution is -0.114. The summed E-state index contributed by atoms with van der Waals surface area (Å²) in [4.78, 5) is 22.5. The minimum Gasteiger partial charge on any atom is -0.393 e. The van der Waals surface area contributed by atoms with Crippen LogP contribution < -0.4 is 0 Å². The first kappa shape index (κ1) is 21.3. The quantitative estimate of drug-likeness (QED) is 0.271. The highest BCUT2D eigenvalue weighted by molar-refractivity contribution is 5.89. The molecule has 0 amide bonds. The number of rotatable bonds is 11. The minimum atomic E-state index is -0.619. The van der Waals surface area contributed by atoms with Gasteiger partial charge in [0.2, 0.25) is 0 Å². The van der Waals surface area contributed by atoms with Crippen molar-refractivity contribution in [2.24, 2.45) is 11.8 Å². The van der Waals surface area contributed by atoms with Gasteiger partial charge in [-0.25, -0.2) is 0 Å². The fourth-order valence-electron chi connectivity index (χ4n) is 3.61. The van der Waals surface area contributed by atoms with Crippen LogP contribution in [0.2, 0.25) is 0 Å². The molecule has 0 aliphatic heterocycles. The van der Waals surface area contributed by atoms with E-state index in [0.29, 0.717) is 32.1 Å². The van der Waals surface area contributed by atoms with Gasteiger partial charge >= 0.3 is 0 Å². The Morgan fingerprint density at radius 2 is 1.85 bits per heavy atom. The van der Waals surface area contributed by atoms with Gasteiger partial charge in [-0.05, 0) is 43.2 Å². The summed E-state index contributed by atoms with van der Waals surface area (Å²) in [6.45, 7) is 0. The molecule has 146 valence electrons. The number of aryl methyl sites for hydroxylation is 1. The van der Waals surface area contributed by atoms with Crippen molar-refractivity contribution < 1.29 is 19.8 Å². The van der Waals surface area contributed by atoms with Gasteiger partial charge in [0.05, 0.1) is 12.2 Å². The van der Waals surface area contributed by atoms with Crippen molar-refractivity contribution in [1.82, 2.24) is 0 Å². The molecule has 1 aromatic rings. The van der Waals surface area contributed by atoms with E-state index in [-0.39, 0.29) is 17.6 Å². The Balaban J connectivity index is 1.84. The Morgan fingerprint density at radius 1 is 1.07 bits per heavy atom. The van der Waals surface area contributed by atoms with E-state index >= 15 is 0 Å². The van der Waals surface area contributed by atoms with Gasteiger partial charge in [0.1, 0.15) is 6.29 Å². The van der Waals surface area contributed by atoms with E-state index in [1.165, 1.54) is 0 Å². The largest absolute Gasteiger partial charge is 0.393 e. The minimum absolute atomic E-state index is 0.0376. The molecule has 27 heavy (non-hydrogen) atoms. The molecule has 1 aliphatic rings. The van der Waals surface area contributed by atoms with Gasteiger partial charge < -0.3 is 15.0 Å². The molecule has 1 saturated carbocycles. The second-order valence-electron chi connectivity index (χ2n) is 7.23. The topological polar surface area (TPSA) is 74.6 Å². The SMILES string of the molecule is O=CCCC/C=C\C[C@@H]1[C@@H](/C=C/C(=O)CCc2ccccc2)[C@H](O)C[C@@H]1O. The number of hydrogen-bond acceptors (Lipinski definition) is 4. The first-order chi connectivity index (χ1) is 13.1. The van der Waals surface area contributed by atoms with Crippen LogP contribution in [0.5, 0.6) is 0 Å². The summed E-state index contributed by atoms with van der Waals surface area (Å²) in [5.74, 6) is -0.253. The van der Waals surface area contributed by atoms with Crippen molar-refractivity contribution in [3.63, 3.8) is 0 Å². The van der Waals surface area contributed by atoms with Crippen molar-refractivity contribution in [2.45, 2.75) is 57.2 Å². The van der Waals surface area contributed by atoms with Gasteiger partial charge in [-0.15, -0.1) is 0 Å². The number of benzene rings is 1. The molecule has 0 bridgehead atoms. The van der Waals surface area contributed by atoms with Gasteiger partial charge in [0.15, 0.2) is 5.78 Å². The number of unbranched alkanes of at least 4 members (excludes halogenated alkanes) is 2. The number of allylic oxidation sites excluding steroid dienone is 3. The molecule has 0 spiro atoms. The molecule has 1 aromatic carbocycles. The fourth-order valence-corrected chi connectivity index (χ4v) is 3.61. The van der Waals surface area contributed by atoms with Gasteiger partial charge in [0.25, 0.3) is 0 Å². The van der Waals surface area contributed by atoms with E-state index in [1.54, 1.807) is 12.2 Å². The third-order valence-corrected chi connectivity index (χ3v) is 5.19. The van der Waals surface area contributed by atoms with Crippen molar-refractivity contribution in [2.75, 3.05) is 0 Å². The standard InChI is InChI=1S/C23H30O4/c24-16-8-3-1-2-7-11-20-21(23(27)17-22(20)26)15-14-19(25)13-12-18-9-5-4-6-10-18/h2,4-7,9-10,14-16,20-23,26-27H,1,3,8,11-13,17H2/b7-2-,15-14+/t20-,21-,22+,23-/m1/s1. The highest BCUT2D eigenvalue weighted by atomic mass is 16.3. The predicted molar refractivity (Wildman–Crippen MR) is 106 cm³/mol. The fraction of sp³-hybridized carbons (Fsp3) is 0.478. The number of aldehydes is 1. The number of ketones is 1. The van der Waals surface area contributed by atoms with Crippen molar-refractivity contribution >= 4 is 12.1 Å². The van der Waals surface area contributed by atoms with E-state index in [2.05, 4.69) is 0 Å². The number of carbonyl (C=O) groups excluding carboxylic acids is 2. The molecule has 1 aliphatic carbocycles. The third-order valence-electron chi connectivity index (χ3n) is 5.19. The van der Waals surface area contributed by atoms with Crippen LogP contribution in [-0.2, 0) is 16.0 Å². The summed E-state index contributed by atoms with van der Waals surface area (Å²) < 4.78 is 0. The second kappa shape index (κ2) is 11.6. The van der Waals surface area contributed by atoms with E-state index < -0.39 is 12.2 Å². The number of carbonyl (C=O) groups is 2. The van der Waals surface area contributed by atoms with Gasteiger partial charge in [-0.1, -0.05) is 48.6 Å². The maximum atomic E-state index is 12.2. The van der Waals surface area contributed by atoms with Crippen LogP contribution in [0.3, 0.4) is 0 Å². The molecule has 2 rings (SSSR count). The van der Waals surface area contributed by atoms with Gasteiger partial charge in [0, 0.05) is 25.2 Å². The van der Waals surface area contributed by atoms with E-state index in [1.807, 2.05) is 42.5 Å². The number of aliphatic hydroxyl groups excluding tert-OH is 2. The average molecular weight is 370 g/mol. The van der Waals surface area contributed by atoms with Crippen LogP contribution in [0.4, 0.5) is 0 Å². The Kier molecular flexibility index (Phi) is 9.16. The smallest absolute Gasteiger partial charge is 0.155 e. The monoisotopic (exact) mass is 370 g/mol. The summed E-state index contributed by atoms with van der Waals surface area (Å²) in [7, 11) is 0. The molecule has 0 unspecified atom stereocenters. The zero-order valence-electron chi connectivity index (χ0n) is 15.7. The van der Waals surface area contributed by atoms with Crippen LogP contribution in [0.15, 0.2) is 54.6 Å². The zero-order valence-corrected chi connectivity index (χ0v) is 15.7. The summed E-state index contributed by atoms with van der Waals surface area (Å²) in [6, 6.07) is 9.89. The Hall–Kier alpha value is -2.04. The molecule has 4 nitrogen and oxygen atoms in total. The third kappa shape index (κ3) is 7.24. The average Bonchev–Trinajstić information content (AvgIpc) is 2.94. The summed E-state index contributed by atoms with van der Waals surface area (Å²) in [6.07, 6.45) is 11.5. The molecule has 4 atom stereocenters. The van der Waals surface area contributed by atoms with E-state index in [9.17, 15) is 19.8 Å². The highest BCUT2D eigenvalue weighted by Crippen LogP contribution is 2.36. The first-order valence-electron chi connectivity index (χ1n) is 9.81. The van der Waals surface area contributed by atoms with E-state index in [4.69, 9.17) is 0 Å². The molecule has 2 N–H and O–H groups in total. The lowest BCUT2D eigenvalue weighted by Gasteiger charge is -2.19. The molecule has 4 heteroatoms. The lowest BCUT2D eigenvalue weighted by atomic mass is 9.89. The van der Waals surface area contributed by atoms with Crippen LogP contribution in [0, 0.1) is 11.8 Å². The highest BCUT2D eigenvalue weighted by Gasteiger charge is 2.39. The summed E-state index contributed by atoms with van der Waals surface area (Å²) in [5.41, 5.74) is 1.13. The van der Waals surface area contributed by atoms with Gasteiger partial charge in [-0.2, -0.15) is 0 Å². The van der Waals surface area contributed by atoms with Crippen LogP contribution in [-0.4, -0.2) is 34.5 Å². The molecule has 0 heterocycles. The molecule has 1 fully saturated rings. The lowest BCUT2D eigenvalue weighted by Crippen LogP contribution is -2.20. The zero-order chi connectivity index (χ0) is 19.5. The van der Waals surface area contributed by atoms with Crippen LogP contribution in [0.25, 0.3) is 0 Å². The van der Waals surface area contributed by atoms with E-state index in [0.717, 1.165) is 24.7 Å². The molecular weight excluding hydrogens is 340 g/mol. The molecule has 0 saturated heterocycles. The molecular formula is C23H30O4. The Morgan fingerprint density at radius 3 is 2.59 bits per heavy atom. The Bertz CT molecular complexity index is 635. The second-order valence-corrected chi connectivity index (χ2v) is 7.23. The maximum absolute atomic E-state index is 12.2.